The Labute approximate surface area is 114 Å². The Morgan fingerprint density at radius 1 is 1.42 bits per heavy atom. The molecule has 0 fully saturated rings. The van der Waals surface area contributed by atoms with E-state index in [1.165, 1.54) is 0 Å². The minimum atomic E-state index is -0.367. The van der Waals surface area contributed by atoms with Crippen molar-refractivity contribution in [3.8, 4) is 0 Å². The fourth-order valence-corrected chi connectivity index (χ4v) is 1.89. The summed E-state index contributed by atoms with van der Waals surface area (Å²) in [6, 6.07) is 5.16. The third-order valence-electron chi connectivity index (χ3n) is 3.08. The van der Waals surface area contributed by atoms with Gasteiger partial charge in [-0.25, -0.2) is 0 Å². The number of hydrogen-bond acceptors (Lipinski definition) is 4. The smallest absolute Gasteiger partial charge is 0.292 e. The van der Waals surface area contributed by atoms with Crippen molar-refractivity contribution in [1.29, 1.82) is 0 Å². The number of rotatable bonds is 5. The number of benzene rings is 1. The molecule has 0 saturated heterocycles. The third-order valence-corrected chi connectivity index (χ3v) is 3.08. The Morgan fingerprint density at radius 2 is 2.05 bits per heavy atom. The molecule has 0 spiro atoms. The van der Waals surface area contributed by atoms with Gasteiger partial charge in [-0.1, -0.05) is 26.8 Å². The molecule has 19 heavy (non-hydrogen) atoms. The van der Waals surface area contributed by atoms with Gasteiger partial charge in [-0.15, -0.1) is 0 Å². The number of ether oxygens (including phenoxy) is 1. The molecule has 5 heteroatoms. The van der Waals surface area contributed by atoms with Crippen LogP contribution in [-0.2, 0) is 4.74 Å². The van der Waals surface area contributed by atoms with Crippen molar-refractivity contribution in [1.82, 2.24) is 0 Å². The van der Waals surface area contributed by atoms with Gasteiger partial charge in [0.1, 0.15) is 5.69 Å². The number of nitrogens with one attached hydrogen (secondary N) is 1. The minimum Gasteiger partial charge on any atom is -0.379 e. The van der Waals surface area contributed by atoms with Crippen molar-refractivity contribution >= 4 is 11.4 Å². The molecule has 1 N–H and O–H groups in total. The van der Waals surface area contributed by atoms with Gasteiger partial charge in [-0.05, 0) is 24.0 Å². The number of nitro groups is 1. The van der Waals surface area contributed by atoms with Crippen LogP contribution in [-0.4, -0.2) is 24.7 Å². The second-order valence-corrected chi connectivity index (χ2v) is 5.75. The molecular weight excluding hydrogens is 244 g/mol. The molecular formula is C14H22N2O3. The standard InChI is InChI=1S/C14H22N2O3/c1-10-6-7-11(12(8-10)16(17)18)15-9-13(19-5)14(2,3)4/h6-8,13,15H,9H2,1-5H3. The summed E-state index contributed by atoms with van der Waals surface area (Å²) in [5.74, 6) is 0. The summed E-state index contributed by atoms with van der Waals surface area (Å²) < 4.78 is 5.43. The number of aryl methyl sites for hydroxylation is 1. The summed E-state index contributed by atoms with van der Waals surface area (Å²) in [6.07, 6.45) is -0.0200. The van der Waals surface area contributed by atoms with Crippen molar-refractivity contribution in [3.05, 3.63) is 33.9 Å². The van der Waals surface area contributed by atoms with E-state index in [0.717, 1.165) is 5.56 Å². The van der Waals surface area contributed by atoms with Crippen LogP contribution >= 0.6 is 0 Å². The molecule has 0 saturated carbocycles. The maximum absolute atomic E-state index is 11.0. The molecule has 0 radical (unpaired) electrons. The molecule has 0 bridgehead atoms. The van der Waals surface area contributed by atoms with Crippen molar-refractivity contribution in [3.63, 3.8) is 0 Å². The first-order valence-electron chi connectivity index (χ1n) is 6.27. The molecule has 0 aromatic heterocycles. The van der Waals surface area contributed by atoms with E-state index in [1.807, 2.05) is 13.0 Å². The lowest BCUT2D eigenvalue weighted by molar-refractivity contribution is -0.384. The second-order valence-electron chi connectivity index (χ2n) is 5.75. The fourth-order valence-electron chi connectivity index (χ4n) is 1.89. The lowest BCUT2D eigenvalue weighted by Gasteiger charge is -2.29. The zero-order valence-electron chi connectivity index (χ0n) is 12.2. The van der Waals surface area contributed by atoms with Gasteiger partial charge in [0.15, 0.2) is 0 Å². The zero-order chi connectivity index (χ0) is 14.6. The largest absolute Gasteiger partial charge is 0.379 e. The third kappa shape index (κ3) is 4.21. The predicted molar refractivity (Wildman–Crippen MR) is 76.6 cm³/mol. The van der Waals surface area contributed by atoms with Crippen LogP contribution in [0.15, 0.2) is 18.2 Å². The van der Waals surface area contributed by atoms with E-state index in [9.17, 15) is 10.1 Å². The van der Waals surface area contributed by atoms with E-state index in [4.69, 9.17) is 4.74 Å². The van der Waals surface area contributed by atoms with Crippen LogP contribution < -0.4 is 5.32 Å². The van der Waals surface area contributed by atoms with E-state index in [-0.39, 0.29) is 22.1 Å². The van der Waals surface area contributed by atoms with Gasteiger partial charge in [0.2, 0.25) is 0 Å². The van der Waals surface area contributed by atoms with E-state index in [0.29, 0.717) is 12.2 Å². The summed E-state index contributed by atoms with van der Waals surface area (Å²) in [7, 11) is 1.65. The van der Waals surface area contributed by atoms with E-state index in [2.05, 4.69) is 26.1 Å². The van der Waals surface area contributed by atoms with Crippen LogP contribution in [0, 0.1) is 22.5 Å². The van der Waals surface area contributed by atoms with Crippen molar-refractivity contribution < 1.29 is 9.66 Å². The predicted octanol–water partition coefficient (Wildman–Crippen LogP) is 3.38. The normalized spacial score (nSPS) is 13.1. The molecule has 0 amide bonds. The number of anilines is 1. The van der Waals surface area contributed by atoms with Crippen LogP contribution in [0.1, 0.15) is 26.3 Å². The highest BCUT2D eigenvalue weighted by Crippen LogP contribution is 2.27. The summed E-state index contributed by atoms with van der Waals surface area (Å²) in [5, 5.41) is 14.1. The van der Waals surface area contributed by atoms with E-state index in [1.54, 1.807) is 19.2 Å². The molecule has 0 aliphatic heterocycles. The highest BCUT2D eigenvalue weighted by molar-refractivity contribution is 5.62. The zero-order valence-corrected chi connectivity index (χ0v) is 12.2. The molecule has 5 nitrogen and oxygen atoms in total. The molecule has 0 aliphatic carbocycles. The molecule has 1 rings (SSSR count). The average molecular weight is 266 g/mol. The summed E-state index contributed by atoms with van der Waals surface area (Å²) in [4.78, 5) is 10.7. The Balaban J connectivity index is 2.86. The van der Waals surface area contributed by atoms with Crippen molar-refractivity contribution in [2.24, 2.45) is 5.41 Å². The first-order chi connectivity index (χ1) is 8.75. The van der Waals surface area contributed by atoms with Gasteiger partial charge >= 0.3 is 0 Å². The monoisotopic (exact) mass is 266 g/mol. The Kier molecular flexibility index (Phi) is 4.89. The van der Waals surface area contributed by atoms with Crippen LogP contribution in [0.2, 0.25) is 0 Å². The highest BCUT2D eigenvalue weighted by atomic mass is 16.6. The summed E-state index contributed by atoms with van der Waals surface area (Å²) in [6.45, 7) is 8.60. The van der Waals surface area contributed by atoms with Gasteiger partial charge in [-0.3, -0.25) is 10.1 Å². The van der Waals surface area contributed by atoms with Gasteiger partial charge in [0.25, 0.3) is 5.69 Å². The SMILES string of the molecule is COC(CNc1ccc(C)cc1[N+](=O)[O-])C(C)(C)C. The van der Waals surface area contributed by atoms with E-state index >= 15 is 0 Å². The number of hydrogen-bond donors (Lipinski definition) is 1. The summed E-state index contributed by atoms with van der Waals surface area (Å²) >= 11 is 0. The summed E-state index contributed by atoms with van der Waals surface area (Å²) in [5.41, 5.74) is 1.48. The Hall–Kier alpha value is -1.62. The van der Waals surface area contributed by atoms with Crippen LogP contribution in [0.25, 0.3) is 0 Å². The molecule has 0 heterocycles. The van der Waals surface area contributed by atoms with Gasteiger partial charge < -0.3 is 10.1 Å². The average Bonchev–Trinajstić information content (AvgIpc) is 2.29. The first-order valence-corrected chi connectivity index (χ1v) is 6.27. The number of nitro benzene ring substituents is 1. The quantitative estimate of drug-likeness (QED) is 0.655. The fraction of sp³-hybridized carbons (Fsp3) is 0.571. The van der Waals surface area contributed by atoms with Gasteiger partial charge in [0, 0.05) is 19.7 Å². The van der Waals surface area contributed by atoms with Crippen molar-refractivity contribution in [2.75, 3.05) is 19.0 Å². The molecule has 1 unspecified atom stereocenters. The van der Waals surface area contributed by atoms with Gasteiger partial charge in [0.05, 0.1) is 11.0 Å². The number of methoxy groups -OCH3 is 1. The van der Waals surface area contributed by atoms with Crippen LogP contribution in [0.3, 0.4) is 0 Å². The molecule has 1 aromatic carbocycles. The molecule has 106 valence electrons. The van der Waals surface area contributed by atoms with Gasteiger partial charge in [-0.2, -0.15) is 0 Å². The highest BCUT2D eigenvalue weighted by Gasteiger charge is 2.25. The number of nitrogens with zero attached hydrogens (tertiary/aromatic N) is 1. The lowest BCUT2D eigenvalue weighted by atomic mass is 9.89. The maximum Gasteiger partial charge on any atom is 0.292 e. The van der Waals surface area contributed by atoms with Crippen LogP contribution in [0.5, 0.6) is 0 Å². The topological polar surface area (TPSA) is 64.4 Å². The minimum absolute atomic E-state index is 0.0200. The maximum atomic E-state index is 11.0. The Morgan fingerprint density at radius 3 is 2.53 bits per heavy atom. The van der Waals surface area contributed by atoms with Crippen LogP contribution in [0.4, 0.5) is 11.4 Å². The van der Waals surface area contributed by atoms with Crippen molar-refractivity contribution in [2.45, 2.75) is 33.8 Å². The molecule has 1 aromatic rings. The lowest BCUT2D eigenvalue weighted by Crippen LogP contribution is -2.34. The second kappa shape index (κ2) is 6.02. The van der Waals surface area contributed by atoms with E-state index < -0.39 is 0 Å². The first kappa shape index (κ1) is 15.4. The molecule has 1 atom stereocenters. The Bertz CT molecular complexity index is 452. The molecule has 0 aliphatic rings.